The van der Waals surface area contributed by atoms with Crippen molar-refractivity contribution in [1.82, 2.24) is 15.1 Å². The van der Waals surface area contributed by atoms with Crippen molar-refractivity contribution in [1.29, 1.82) is 0 Å². The zero-order chi connectivity index (χ0) is 11.4. The summed E-state index contributed by atoms with van der Waals surface area (Å²) in [7, 11) is 0. The third-order valence-electron chi connectivity index (χ3n) is 2.85. The van der Waals surface area contributed by atoms with E-state index in [1.807, 2.05) is 0 Å². The van der Waals surface area contributed by atoms with Crippen LogP contribution in [0.4, 0.5) is 4.79 Å². The largest absolute Gasteiger partial charge is 0.449 e. The number of nitrogens with zero attached hydrogens (tertiary/aromatic N) is 2. The topological polar surface area (TPSA) is 61.9 Å². The Hall–Kier alpha value is -1.30. The number of carbonyl (C=O) groups is 2. The van der Waals surface area contributed by atoms with Crippen LogP contribution in [-0.4, -0.2) is 67.7 Å². The molecule has 90 valence electrons. The molecule has 0 atom stereocenters. The van der Waals surface area contributed by atoms with Gasteiger partial charge in [-0.3, -0.25) is 9.69 Å². The van der Waals surface area contributed by atoms with Gasteiger partial charge in [0.1, 0.15) is 6.54 Å². The van der Waals surface area contributed by atoms with Crippen LogP contribution < -0.4 is 5.32 Å². The van der Waals surface area contributed by atoms with Gasteiger partial charge in [0.25, 0.3) is 0 Å². The molecule has 6 nitrogen and oxygen atoms in total. The van der Waals surface area contributed by atoms with Crippen molar-refractivity contribution in [3.63, 3.8) is 0 Å². The average Bonchev–Trinajstić information content (AvgIpc) is 2.33. The third kappa shape index (κ3) is 2.63. The Labute approximate surface area is 94.5 Å². The second kappa shape index (κ2) is 5.16. The molecule has 16 heavy (non-hydrogen) atoms. The van der Waals surface area contributed by atoms with Crippen LogP contribution in [0.15, 0.2) is 0 Å². The first-order valence-corrected chi connectivity index (χ1v) is 5.67. The van der Waals surface area contributed by atoms with Gasteiger partial charge in [-0.2, -0.15) is 0 Å². The molecule has 1 N–H and O–H groups in total. The molecule has 2 aliphatic heterocycles. The lowest BCUT2D eigenvalue weighted by Crippen LogP contribution is -2.51. The fraction of sp³-hybridized carbons (Fsp3) is 0.800. The molecule has 0 aromatic heterocycles. The normalized spacial score (nSPS) is 21.9. The molecule has 6 heteroatoms. The van der Waals surface area contributed by atoms with E-state index >= 15 is 0 Å². The average molecular weight is 227 g/mol. The summed E-state index contributed by atoms with van der Waals surface area (Å²) in [6.07, 6.45) is 0.440. The zero-order valence-electron chi connectivity index (χ0n) is 9.28. The number of hydrogen-bond acceptors (Lipinski definition) is 4. The first kappa shape index (κ1) is 11.2. The van der Waals surface area contributed by atoms with Crippen LogP contribution in [0.5, 0.6) is 0 Å². The lowest BCUT2D eigenvalue weighted by atomic mass is 10.3. The Balaban J connectivity index is 1.83. The summed E-state index contributed by atoms with van der Waals surface area (Å²) < 4.78 is 4.88. The van der Waals surface area contributed by atoms with E-state index in [9.17, 15) is 9.59 Å². The molecule has 0 aliphatic carbocycles. The monoisotopic (exact) mass is 227 g/mol. The molecule has 0 radical (unpaired) electrons. The standard InChI is InChI=1S/C10H17N3O3/c14-9(12-5-2-11-3-6-12)8-13-4-1-7-16-10(13)15/h11H,1-8H2. The summed E-state index contributed by atoms with van der Waals surface area (Å²) in [5.74, 6) is 0.0142. The number of rotatable bonds is 2. The van der Waals surface area contributed by atoms with Gasteiger partial charge in [-0.05, 0) is 6.42 Å². The van der Waals surface area contributed by atoms with Gasteiger partial charge < -0.3 is 15.0 Å². The Kier molecular flexibility index (Phi) is 3.61. The van der Waals surface area contributed by atoms with E-state index in [-0.39, 0.29) is 18.5 Å². The molecule has 2 amide bonds. The lowest BCUT2D eigenvalue weighted by molar-refractivity contribution is -0.133. The van der Waals surface area contributed by atoms with E-state index in [0.717, 1.165) is 32.6 Å². The molecule has 0 bridgehead atoms. The van der Waals surface area contributed by atoms with E-state index in [1.165, 1.54) is 4.90 Å². The number of amides is 2. The molecule has 2 aliphatic rings. The second-order valence-corrected chi connectivity index (χ2v) is 4.02. The van der Waals surface area contributed by atoms with E-state index < -0.39 is 0 Å². The minimum Gasteiger partial charge on any atom is -0.449 e. The van der Waals surface area contributed by atoms with Gasteiger partial charge in [-0.1, -0.05) is 0 Å². The van der Waals surface area contributed by atoms with Crippen LogP contribution in [0.2, 0.25) is 0 Å². The zero-order valence-corrected chi connectivity index (χ0v) is 9.28. The number of hydrogen-bond donors (Lipinski definition) is 1. The summed E-state index contributed by atoms with van der Waals surface area (Å²) in [6, 6.07) is 0. The van der Waals surface area contributed by atoms with Crippen LogP contribution in [0.3, 0.4) is 0 Å². The molecule has 0 saturated carbocycles. The maximum atomic E-state index is 11.9. The summed E-state index contributed by atoms with van der Waals surface area (Å²) in [5.41, 5.74) is 0. The van der Waals surface area contributed by atoms with Crippen molar-refractivity contribution in [3.05, 3.63) is 0 Å². The molecule has 2 saturated heterocycles. The first-order valence-electron chi connectivity index (χ1n) is 5.67. The predicted molar refractivity (Wildman–Crippen MR) is 57.0 cm³/mol. The number of piperazine rings is 1. The molecule has 2 rings (SSSR count). The summed E-state index contributed by atoms with van der Waals surface area (Å²) >= 11 is 0. The van der Waals surface area contributed by atoms with Crippen LogP contribution in [0.1, 0.15) is 6.42 Å². The van der Waals surface area contributed by atoms with Crippen LogP contribution in [-0.2, 0) is 9.53 Å². The predicted octanol–water partition coefficient (Wildman–Crippen LogP) is -0.739. The van der Waals surface area contributed by atoms with E-state index in [0.29, 0.717) is 13.2 Å². The highest BCUT2D eigenvalue weighted by atomic mass is 16.6. The lowest BCUT2D eigenvalue weighted by Gasteiger charge is -2.31. The number of cyclic esters (lactones) is 1. The fourth-order valence-corrected chi connectivity index (χ4v) is 1.92. The quantitative estimate of drug-likeness (QED) is 0.675. The molecular formula is C10H17N3O3. The van der Waals surface area contributed by atoms with E-state index in [4.69, 9.17) is 4.74 Å². The molecule has 0 unspecified atom stereocenters. The van der Waals surface area contributed by atoms with Crippen LogP contribution in [0, 0.1) is 0 Å². The van der Waals surface area contributed by atoms with Crippen molar-refractivity contribution >= 4 is 12.0 Å². The number of carbonyl (C=O) groups excluding carboxylic acids is 2. The molecular weight excluding hydrogens is 210 g/mol. The number of nitrogens with one attached hydrogen (secondary N) is 1. The maximum absolute atomic E-state index is 11.9. The smallest absolute Gasteiger partial charge is 0.410 e. The number of ether oxygens (including phenoxy) is 1. The van der Waals surface area contributed by atoms with E-state index in [1.54, 1.807) is 4.90 Å². The minimum atomic E-state index is -0.366. The van der Waals surface area contributed by atoms with Crippen molar-refractivity contribution < 1.29 is 14.3 Å². The molecule has 2 heterocycles. The summed E-state index contributed by atoms with van der Waals surface area (Å²) in [4.78, 5) is 26.5. The molecule has 2 fully saturated rings. The van der Waals surface area contributed by atoms with Crippen molar-refractivity contribution in [2.75, 3.05) is 45.9 Å². The van der Waals surface area contributed by atoms with Gasteiger partial charge in [0.15, 0.2) is 0 Å². The highest BCUT2D eigenvalue weighted by Crippen LogP contribution is 2.05. The third-order valence-corrected chi connectivity index (χ3v) is 2.85. The Morgan fingerprint density at radius 1 is 1.31 bits per heavy atom. The summed E-state index contributed by atoms with van der Waals surface area (Å²) in [5, 5.41) is 3.18. The van der Waals surface area contributed by atoms with Gasteiger partial charge >= 0.3 is 6.09 Å². The molecule has 0 aromatic carbocycles. The van der Waals surface area contributed by atoms with Gasteiger partial charge in [0.05, 0.1) is 6.61 Å². The summed E-state index contributed by atoms with van der Waals surface area (Å²) in [6.45, 7) is 4.35. The molecule has 0 spiro atoms. The van der Waals surface area contributed by atoms with Gasteiger partial charge in [0.2, 0.25) is 5.91 Å². The van der Waals surface area contributed by atoms with Crippen molar-refractivity contribution in [2.45, 2.75) is 6.42 Å². The van der Waals surface area contributed by atoms with Crippen LogP contribution >= 0.6 is 0 Å². The second-order valence-electron chi connectivity index (χ2n) is 4.02. The molecule has 0 aromatic rings. The van der Waals surface area contributed by atoms with E-state index in [2.05, 4.69) is 5.32 Å². The van der Waals surface area contributed by atoms with Gasteiger partial charge in [-0.25, -0.2) is 4.79 Å². The Morgan fingerprint density at radius 3 is 2.75 bits per heavy atom. The maximum Gasteiger partial charge on any atom is 0.410 e. The minimum absolute atomic E-state index is 0.0142. The highest BCUT2D eigenvalue weighted by Gasteiger charge is 2.25. The van der Waals surface area contributed by atoms with Gasteiger partial charge in [-0.15, -0.1) is 0 Å². The fourth-order valence-electron chi connectivity index (χ4n) is 1.92. The van der Waals surface area contributed by atoms with Crippen molar-refractivity contribution in [3.8, 4) is 0 Å². The Morgan fingerprint density at radius 2 is 2.06 bits per heavy atom. The first-order chi connectivity index (χ1) is 7.77. The SMILES string of the molecule is O=C(CN1CCCOC1=O)N1CCNCC1. The van der Waals surface area contributed by atoms with Crippen LogP contribution in [0.25, 0.3) is 0 Å². The highest BCUT2D eigenvalue weighted by molar-refractivity contribution is 5.82. The van der Waals surface area contributed by atoms with Gasteiger partial charge in [0, 0.05) is 32.7 Å². The Bertz CT molecular complexity index is 276. The van der Waals surface area contributed by atoms with Crippen molar-refractivity contribution in [2.24, 2.45) is 0 Å².